The molecule has 1 aromatic carbocycles. The van der Waals surface area contributed by atoms with E-state index < -0.39 is 0 Å². The zero-order valence-electron chi connectivity index (χ0n) is 10.6. The Morgan fingerprint density at radius 3 is 3.00 bits per heavy atom. The van der Waals surface area contributed by atoms with Crippen LogP contribution in [-0.4, -0.2) is 9.78 Å². The van der Waals surface area contributed by atoms with Crippen molar-refractivity contribution in [2.24, 2.45) is 0 Å². The van der Waals surface area contributed by atoms with Crippen molar-refractivity contribution in [3.8, 4) is 0 Å². The summed E-state index contributed by atoms with van der Waals surface area (Å²) >= 11 is 9.46. The van der Waals surface area contributed by atoms with Crippen molar-refractivity contribution in [3.63, 3.8) is 0 Å². The SMILES string of the molecule is C=CCn1ncc(NCc2cccc(Br)c2)c(Cl)c1=O. The summed E-state index contributed by atoms with van der Waals surface area (Å²) in [5.41, 5.74) is 1.27. The molecular weight excluding hydrogens is 342 g/mol. The molecule has 0 unspecified atom stereocenters. The molecule has 0 saturated heterocycles. The van der Waals surface area contributed by atoms with Gasteiger partial charge in [-0.25, -0.2) is 4.68 Å². The lowest BCUT2D eigenvalue weighted by molar-refractivity contribution is 0.653. The highest BCUT2D eigenvalue weighted by molar-refractivity contribution is 9.10. The van der Waals surface area contributed by atoms with Crippen LogP contribution in [0.1, 0.15) is 5.56 Å². The first kappa shape index (κ1) is 14.8. The van der Waals surface area contributed by atoms with E-state index in [9.17, 15) is 4.79 Å². The van der Waals surface area contributed by atoms with Crippen LogP contribution in [0, 0.1) is 0 Å². The monoisotopic (exact) mass is 353 g/mol. The Morgan fingerprint density at radius 2 is 2.30 bits per heavy atom. The fourth-order valence-electron chi connectivity index (χ4n) is 1.68. The fraction of sp³-hybridized carbons (Fsp3) is 0.143. The molecule has 0 aliphatic carbocycles. The lowest BCUT2D eigenvalue weighted by atomic mass is 10.2. The second-order valence-electron chi connectivity index (χ2n) is 4.13. The number of rotatable bonds is 5. The molecule has 1 N–H and O–H groups in total. The predicted molar refractivity (Wildman–Crippen MR) is 85.2 cm³/mol. The molecule has 0 saturated carbocycles. The van der Waals surface area contributed by atoms with E-state index in [-0.39, 0.29) is 10.6 Å². The second-order valence-corrected chi connectivity index (χ2v) is 5.43. The molecule has 0 bridgehead atoms. The third kappa shape index (κ3) is 3.49. The van der Waals surface area contributed by atoms with E-state index in [4.69, 9.17) is 11.6 Å². The first-order chi connectivity index (χ1) is 9.61. The summed E-state index contributed by atoms with van der Waals surface area (Å²) in [4.78, 5) is 11.9. The number of aromatic nitrogens is 2. The lowest BCUT2D eigenvalue weighted by Gasteiger charge is -2.09. The molecule has 20 heavy (non-hydrogen) atoms. The van der Waals surface area contributed by atoms with Gasteiger partial charge in [-0.3, -0.25) is 4.79 Å². The van der Waals surface area contributed by atoms with Gasteiger partial charge >= 0.3 is 0 Å². The Balaban J connectivity index is 2.16. The van der Waals surface area contributed by atoms with Crippen LogP contribution in [-0.2, 0) is 13.1 Å². The van der Waals surface area contributed by atoms with Crippen molar-refractivity contribution in [1.82, 2.24) is 9.78 Å². The Morgan fingerprint density at radius 1 is 1.50 bits per heavy atom. The van der Waals surface area contributed by atoms with Crippen molar-refractivity contribution in [2.75, 3.05) is 5.32 Å². The van der Waals surface area contributed by atoms with Gasteiger partial charge in [0.15, 0.2) is 0 Å². The van der Waals surface area contributed by atoms with E-state index in [1.165, 1.54) is 4.68 Å². The minimum atomic E-state index is -0.328. The number of hydrogen-bond donors (Lipinski definition) is 1. The van der Waals surface area contributed by atoms with Gasteiger partial charge in [0.25, 0.3) is 5.56 Å². The number of halogens is 2. The van der Waals surface area contributed by atoms with Gasteiger partial charge in [0.05, 0.1) is 18.4 Å². The van der Waals surface area contributed by atoms with E-state index in [0.717, 1.165) is 10.0 Å². The maximum absolute atomic E-state index is 11.9. The van der Waals surface area contributed by atoms with Gasteiger partial charge < -0.3 is 5.32 Å². The van der Waals surface area contributed by atoms with Crippen molar-refractivity contribution < 1.29 is 0 Å². The minimum Gasteiger partial charge on any atom is -0.378 e. The molecule has 0 aliphatic rings. The van der Waals surface area contributed by atoms with Gasteiger partial charge in [-0.2, -0.15) is 5.10 Å². The fourth-order valence-corrected chi connectivity index (χ4v) is 2.34. The largest absolute Gasteiger partial charge is 0.378 e. The van der Waals surface area contributed by atoms with Crippen LogP contribution in [0.3, 0.4) is 0 Å². The zero-order valence-corrected chi connectivity index (χ0v) is 13.0. The summed E-state index contributed by atoms with van der Waals surface area (Å²) in [6.07, 6.45) is 3.14. The quantitative estimate of drug-likeness (QED) is 0.837. The molecule has 4 nitrogen and oxygen atoms in total. The third-order valence-corrected chi connectivity index (χ3v) is 3.52. The van der Waals surface area contributed by atoms with Crippen LogP contribution in [0.4, 0.5) is 5.69 Å². The number of benzene rings is 1. The van der Waals surface area contributed by atoms with E-state index >= 15 is 0 Å². The van der Waals surface area contributed by atoms with Gasteiger partial charge in [0.1, 0.15) is 5.02 Å². The molecule has 0 amide bonds. The van der Waals surface area contributed by atoms with Gasteiger partial charge in [0, 0.05) is 11.0 Å². The maximum Gasteiger partial charge on any atom is 0.287 e. The molecule has 0 atom stereocenters. The normalized spacial score (nSPS) is 10.3. The third-order valence-electron chi connectivity index (χ3n) is 2.66. The van der Waals surface area contributed by atoms with Crippen molar-refractivity contribution in [1.29, 1.82) is 0 Å². The molecule has 0 aliphatic heterocycles. The Hall–Kier alpha value is -1.59. The number of nitrogens with one attached hydrogen (secondary N) is 1. The van der Waals surface area contributed by atoms with E-state index in [0.29, 0.717) is 18.8 Å². The molecule has 1 heterocycles. The average molecular weight is 355 g/mol. The molecule has 0 radical (unpaired) electrons. The summed E-state index contributed by atoms with van der Waals surface area (Å²) in [6.45, 7) is 4.47. The zero-order chi connectivity index (χ0) is 14.5. The number of nitrogens with zero attached hydrogens (tertiary/aromatic N) is 2. The smallest absolute Gasteiger partial charge is 0.287 e. The van der Waals surface area contributed by atoms with E-state index in [1.807, 2.05) is 24.3 Å². The molecule has 2 rings (SSSR count). The Bertz CT molecular complexity index is 684. The molecule has 2 aromatic rings. The first-order valence-electron chi connectivity index (χ1n) is 5.96. The molecule has 1 aromatic heterocycles. The van der Waals surface area contributed by atoms with Gasteiger partial charge in [-0.05, 0) is 17.7 Å². The highest BCUT2D eigenvalue weighted by Crippen LogP contribution is 2.17. The molecule has 104 valence electrons. The van der Waals surface area contributed by atoms with Crippen LogP contribution >= 0.6 is 27.5 Å². The van der Waals surface area contributed by atoms with Crippen molar-refractivity contribution in [3.05, 3.63) is 68.5 Å². The maximum atomic E-state index is 11.9. The molecule has 0 spiro atoms. The summed E-state index contributed by atoms with van der Waals surface area (Å²) in [7, 11) is 0. The Kier molecular flexibility index (Phi) is 4.98. The summed E-state index contributed by atoms with van der Waals surface area (Å²) in [5, 5.41) is 7.28. The highest BCUT2D eigenvalue weighted by Gasteiger charge is 2.08. The van der Waals surface area contributed by atoms with E-state index in [1.54, 1.807) is 12.3 Å². The van der Waals surface area contributed by atoms with Gasteiger partial charge in [0.2, 0.25) is 0 Å². The van der Waals surface area contributed by atoms with Crippen LogP contribution in [0.15, 0.2) is 52.4 Å². The Labute approximate surface area is 130 Å². The predicted octanol–water partition coefficient (Wildman–Crippen LogP) is 3.46. The van der Waals surface area contributed by atoms with Crippen molar-refractivity contribution >= 4 is 33.2 Å². The summed E-state index contributed by atoms with van der Waals surface area (Å²) in [5.74, 6) is 0. The van der Waals surface area contributed by atoms with Gasteiger partial charge in [-0.1, -0.05) is 45.7 Å². The van der Waals surface area contributed by atoms with Crippen LogP contribution in [0.25, 0.3) is 0 Å². The van der Waals surface area contributed by atoms with Crippen LogP contribution in [0.5, 0.6) is 0 Å². The lowest BCUT2D eigenvalue weighted by Crippen LogP contribution is -2.23. The standard InChI is InChI=1S/C14H13BrClN3O/c1-2-6-19-14(20)13(16)12(9-18-19)17-8-10-4-3-5-11(15)7-10/h2-5,7,9,17H,1,6,8H2. The number of hydrogen-bond acceptors (Lipinski definition) is 3. The topological polar surface area (TPSA) is 46.9 Å². The van der Waals surface area contributed by atoms with Crippen LogP contribution in [0.2, 0.25) is 5.02 Å². The summed E-state index contributed by atoms with van der Waals surface area (Å²) in [6, 6.07) is 7.88. The molecule has 0 fully saturated rings. The summed E-state index contributed by atoms with van der Waals surface area (Å²) < 4.78 is 2.27. The average Bonchev–Trinajstić information content (AvgIpc) is 2.43. The molecule has 6 heteroatoms. The first-order valence-corrected chi connectivity index (χ1v) is 7.13. The van der Waals surface area contributed by atoms with Crippen LogP contribution < -0.4 is 10.9 Å². The highest BCUT2D eigenvalue weighted by atomic mass is 79.9. The number of allylic oxidation sites excluding steroid dienone is 1. The number of anilines is 1. The molecular formula is C14H13BrClN3O. The second kappa shape index (κ2) is 6.72. The minimum absolute atomic E-state index is 0.136. The van der Waals surface area contributed by atoms with Crippen molar-refractivity contribution in [2.45, 2.75) is 13.1 Å². The van der Waals surface area contributed by atoms with E-state index in [2.05, 4.69) is 32.9 Å². The van der Waals surface area contributed by atoms with Gasteiger partial charge in [-0.15, -0.1) is 6.58 Å².